The summed E-state index contributed by atoms with van der Waals surface area (Å²) in [4.78, 5) is 24.4. The van der Waals surface area contributed by atoms with Crippen molar-refractivity contribution in [2.75, 3.05) is 14.2 Å². The fraction of sp³-hybridized carbons (Fsp3) is 0.429. The monoisotopic (exact) mass is 279 g/mol. The minimum Gasteiger partial charge on any atom is -0.497 e. The van der Waals surface area contributed by atoms with Crippen LogP contribution < -0.4 is 9.47 Å². The lowest BCUT2D eigenvalue weighted by atomic mass is 10.1. The van der Waals surface area contributed by atoms with Crippen molar-refractivity contribution in [1.82, 2.24) is 4.90 Å². The standard InChI is InChI=1S/C14H17NO5/c1-19-10-4-3-9(12(7-10)20-2)8-15-11(14(17)18)5-6-13(15)16/h3-4,7,11H,5-6,8H2,1-2H3,(H,17,18)/t11-/m1/s1. The maximum Gasteiger partial charge on any atom is 0.326 e. The van der Waals surface area contributed by atoms with Gasteiger partial charge >= 0.3 is 5.97 Å². The van der Waals surface area contributed by atoms with Crippen molar-refractivity contribution in [2.24, 2.45) is 0 Å². The van der Waals surface area contributed by atoms with Gasteiger partial charge in [0, 0.05) is 18.1 Å². The number of carbonyl (C=O) groups is 2. The molecule has 0 unspecified atom stereocenters. The van der Waals surface area contributed by atoms with Gasteiger partial charge in [-0.05, 0) is 18.6 Å². The van der Waals surface area contributed by atoms with Crippen LogP contribution in [0, 0.1) is 0 Å². The summed E-state index contributed by atoms with van der Waals surface area (Å²) in [5, 5.41) is 9.14. The number of nitrogens with zero attached hydrogens (tertiary/aromatic N) is 1. The third-order valence-electron chi connectivity index (χ3n) is 3.45. The van der Waals surface area contributed by atoms with Gasteiger partial charge < -0.3 is 19.5 Å². The smallest absolute Gasteiger partial charge is 0.326 e. The molecule has 1 amide bonds. The number of amides is 1. The van der Waals surface area contributed by atoms with Crippen LogP contribution in [0.2, 0.25) is 0 Å². The van der Waals surface area contributed by atoms with Crippen molar-refractivity contribution in [3.8, 4) is 11.5 Å². The Labute approximate surface area is 116 Å². The lowest BCUT2D eigenvalue weighted by Gasteiger charge is -2.22. The molecule has 0 radical (unpaired) electrons. The van der Waals surface area contributed by atoms with Crippen LogP contribution in [-0.4, -0.2) is 42.1 Å². The van der Waals surface area contributed by atoms with Gasteiger partial charge in [0.2, 0.25) is 5.91 Å². The number of hydrogen-bond donors (Lipinski definition) is 1. The predicted molar refractivity (Wildman–Crippen MR) is 70.8 cm³/mol. The predicted octanol–water partition coefficient (Wildman–Crippen LogP) is 1.28. The zero-order valence-corrected chi connectivity index (χ0v) is 11.5. The molecule has 1 aliphatic rings. The highest BCUT2D eigenvalue weighted by Crippen LogP contribution is 2.29. The average molecular weight is 279 g/mol. The van der Waals surface area contributed by atoms with Crippen molar-refractivity contribution in [1.29, 1.82) is 0 Å². The molecule has 6 nitrogen and oxygen atoms in total. The van der Waals surface area contributed by atoms with E-state index in [1.54, 1.807) is 25.3 Å². The van der Waals surface area contributed by atoms with E-state index in [1.807, 2.05) is 0 Å². The number of methoxy groups -OCH3 is 2. The first-order valence-corrected chi connectivity index (χ1v) is 6.30. The minimum atomic E-state index is -0.969. The number of benzene rings is 1. The molecule has 0 bridgehead atoms. The van der Waals surface area contributed by atoms with Crippen LogP contribution >= 0.6 is 0 Å². The van der Waals surface area contributed by atoms with E-state index in [4.69, 9.17) is 14.6 Å². The maximum absolute atomic E-state index is 11.8. The van der Waals surface area contributed by atoms with Crippen LogP contribution in [0.25, 0.3) is 0 Å². The van der Waals surface area contributed by atoms with E-state index in [2.05, 4.69) is 0 Å². The van der Waals surface area contributed by atoms with E-state index >= 15 is 0 Å². The Hall–Kier alpha value is -2.24. The van der Waals surface area contributed by atoms with E-state index in [1.165, 1.54) is 12.0 Å². The average Bonchev–Trinajstić information content (AvgIpc) is 2.81. The molecule has 1 atom stereocenters. The quantitative estimate of drug-likeness (QED) is 0.878. The number of hydrogen-bond acceptors (Lipinski definition) is 4. The summed E-state index contributed by atoms with van der Waals surface area (Å²) in [7, 11) is 3.08. The van der Waals surface area contributed by atoms with E-state index in [0.29, 0.717) is 17.9 Å². The van der Waals surface area contributed by atoms with Crippen LogP contribution in [0.4, 0.5) is 0 Å². The SMILES string of the molecule is COc1ccc(CN2C(=O)CC[C@@H]2C(=O)O)c(OC)c1. The molecule has 0 aromatic heterocycles. The van der Waals surface area contributed by atoms with E-state index < -0.39 is 12.0 Å². The molecule has 20 heavy (non-hydrogen) atoms. The van der Waals surface area contributed by atoms with Gasteiger partial charge in [0.1, 0.15) is 17.5 Å². The van der Waals surface area contributed by atoms with Crippen LogP contribution in [0.5, 0.6) is 11.5 Å². The summed E-state index contributed by atoms with van der Waals surface area (Å²) >= 11 is 0. The molecule has 6 heteroatoms. The summed E-state index contributed by atoms with van der Waals surface area (Å²) in [6.07, 6.45) is 0.627. The molecule has 1 aromatic carbocycles. The summed E-state index contributed by atoms with van der Waals surface area (Å²) in [5.74, 6) is 0.111. The van der Waals surface area contributed by atoms with Crippen LogP contribution in [0.3, 0.4) is 0 Å². The molecule has 0 saturated carbocycles. The van der Waals surface area contributed by atoms with Gasteiger partial charge in [-0.1, -0.05) is 0 Å². The Bertz CT molecular complexity index is 528. The second kappa shape index (κ2) is 5.81. The number of carboxylic acids is 1. The van der Waals surface area contributed by atoms with Crippen LogP contribution in [0.1, 0.15) is 18.4 Å². The number of carbonyl (C=O) groups excluding carboxylic acids is 1. The minimum absolute atomic E-state index is 0.143. The van der Waals surface area contributed by atoms with Crippen molar-refractivity contribution in [3.63, 3.8) is 0 Å². The Balaban J connectivity index is 2.24. The van der Waals surface area contributed by atoms with E-state index in [0.717, 1.165) is 5.56 Å². The first kappa shape index (κ1) is 14.2. The number of rotatable bonds is 5. The maximum atomic E-state index is 11.8. The van der Waals surface area contributed by atoms with Crippen molar-refractivity contribution in [2.45, 2.75) is 25.4 Å². The second-order valence-electron chi connectivity index (χ2n) is 4.59. The molecule has 0 spiro atoms. The molecule has 1 aliphatic heterocycles. The van der Waals surface area contributed by atoms with Gasteiger partial charge in [-0.15, -0.1) is 0 Å². The molecule has 1 aromatic rings. The molecular formula is C14H17NO5. The third kappa shape index (κ3) is 2.68. The normalized spacial score (nSPS) is 18.2. The Morgan fingerprint density at radius 3 is 2.75 bits per heavy atom. The van der Waals surface area contributed by atoms with Gasteiger partial charge in [-0.25, -0.2) is 4.79 Å². The van der Waals surface area contributed by atoms with Gasteiger partial charge in [0.25, 0.3) is 0 Å². The zero-order chi connectivity index (χ0) is 14.7. The summed E-state index contributed by atoms with van der Waals surface area (Å²) in [6.45, 7) is 0.225. The molecule has 1 heterocycles. The van der Waals surface area contributed by atoms with Crippen LogP contribution in [0.15, 0.2) is 18.2 Å². The Morgan fingerprint density at radius 1 is 1.40 bits per heavy atom. The lowest BCUT2D eigenvalue weighted by Crippen LogP contribution is -2.37. The highest BCUT2D eigenvalue weighted by molar-refractivity contribution is 5.87. The molecule has 1 N–H and O–H groups in total. The van der Waals surface area contributed by atoms with Gasteiger partial charge in [0.05, 0.1) is 20.8 Å². The number of aliphatic carboxylic acids is 1. The van der Waals surface area contributed by atoms with Crippen molar-refractivity contribution in [3.05, 3.63) is 23.8 Å². The molecular weight excluding hydrogens is 262 g/mol. The largest absolute Gasteiger partial charge is 0.497 e. The number of likely N-dealkylation sites (tertiary alicyclic amines) is 1. The highest BCUT2D eigenvalue weighted by Gasteiger charge is 2.36. The van der Waals surface area contributed by atoms with Gasteiger partial charge in [-0.2, -0.15) is 0 Å². The number of ether oxygens (including phenoxy) is 2. The summed E-state index contributed by atoms with van der Waals surface area (Å²) in [6, 6.07) is 4.50. The Kier molecular flexibility index (Phi) is 4.12. The molecule has 0 aliphatic carbocycles. The summed E-state index contributed by atoms with van der Waals surface area (Å²) in [5.41, 5.74) is 0.759. The lowest BCUT2D eigenvalue weighted by molar-refractivity contribution is -0.146. The topological polar surface area (TPSA) is 76.1 Å². The molecule has 1 fully saturated rings. The van der Waals surface area contributed by atoms with E-state index in [9.17, 15) is 9.59 Å². The first-order chi connectivity index (χ1) is 9.56. The third-order valence-corrected chi connectivity index (χ3v) is 3.45. The fourth-order valence-electron chi connectivity index (χ4n) is 2.35. The molecule has 2 rings (SSSR count). The number of carboxylic acid groups (broad SMARTS) is 1. The van der Waals surface area contributed by atoms with Crippen molar-refractivity contribution < 1.29 is 24.2 Å². The highest BCUT2D eigenvalue weighted by atomic mass is 16.5. The first-order valence-electron chi connectivity index (χ1n) is 6.30. The molecule has 1 saturated heterocycles. The van der Waals surface area contributed by atoms with Crippen LogP contribution in [-0.2, 0) is 16.1 Å². The van der Waals surface area contributed by atoms with Gasteiger partial charge in [0.15, 0.2) is 0 Å². The fourth-order valence-corrected chi connectivity index (χ4v) is 2.35. The second-order valence-corrected chi connectivity index (χ2v) is 4.59. The van der Waals surface area contributed by atoms with E-state index in [-0.39, 0.29) is 18.9 Å². The molecule has 108 valence electrons. The van der Waals surface area contributed by atoms with Crippen molar-refractivity contribution >= 4 is 11.9 Å². The van der Waals surface area contributed by atoms with Gasteiger partial charge in [-0.3, -0.25) is 4.79 Å². The summed E-state index contributed by atoms with van der Waals surface area (Å²) < 4.78 is 10.4. The Morgan fingerprint density at radius 2 is 2.15 bits per heavy atom. The zero-order valence-electron chi connectivity index (χ0n) is 11.5.